The molecular formula is C16H21N. The highest BCUT2D eigenvalue weighted by Gasteiger charge is 2.02. The van der Waals surface area contributed by atoms with Gasteiger partial charge in [0.1, 0.15) is 0 Å². The van der Waals surface area contributed by atoms with Crippen LogP contribution in [-0.4, -0.2) is 7.05 Å². The lowest BCUT2D eigenvalue weighted by Gasteiger charge is -2.20. The van der Waals surface area contributed by atoms with Crippen molar-refractivity contribution in [1.82, 2.24) is 0 Å². The predicted molar refractivity (Wildman–Crippen MR) is 77.3 cm³/mol. The minimum absolute atomic E-state index is 1.18. The summed E-state index contributed by atoms with van der Waals surface area (Å²) in [4.78, 5) is 2.18. The summed E-state index contributed by atoms with van der Waals surface area (Å²) in [6.07, 6.45) is 10.4. The van der Waals surface area contributed by atoms with Crippen LogP contribution in [0.3, 0.4) is 0 Å². The van der Waals surface area contributed by atoms with E-state index in [0.717, 1.165) is 0 Å². The Morgan fingerprint density at radius 2 is 1.71 bits per heavy atom. The van der Waals surface area contributed by atoms with Crippen molar-refractivity contribution < 1.29 is 0 Å². The summed E-state index contributed by atoms with van der Waals surface area (Å²) in [7, 11) is 2.08. The highest BCUT2D eigenvalue weighted by atomic mass is 15.1. The molecule has 1 aromatic carbocycles. The quantitative estimate of drug-likeness (QED) is 0.686. The Kier molecular flexibility index (Phi) is 5.28. The third-order valence-corrected chi connectivity index (χ3v) is 2.61. The number of anilines is 1. The first-order chi connectivity index (χ1) is 8.19. The van der Waals surface area contributed by atoms with Crippen molar-refractivity contribution in [3.05, 3.63) is 65.9 Å². The van der Waals surface area contributed by atoms with Gasteiger partial charge in [-0.2, -0.15) is 0 Å². The average Bonchev–Trinajstić information content (AvgIpc) is 2.34. The Morgan fingerprint density at radius 1 is 1.06 bits per heavy atom. The number of nitrogens with zero attached hydrogens (tertiary/aromatic N) is 1. The highest BCUT2D eigenvalue weighted by molar-refractivity contribution is 5.54. The van der Waals surface area contributed by atoms with E-state index in [1.54, 1.807) is 0 Å². The van der Waals surface area contributed by atoms with Crippen molar-refractivity contribution in [2.24, 2.45) is 0 Å². The molecule has 0 amide bonds. The largest absolute Gasteiger partial charge is 0.345 e. The minimum atomic E-state index is 1.18. The van der Waals surface area contributed by atoms with Crippen molar-refractivity contribution in [2.75, 3.05) is 11.9 Å². The van der Waals surface area contributed by atoms with E-state index in [2.05, 4.69) is 67.4 Å². The van der Waals surface area contributed by atoms with Gasteiger partial charge in [0, 0.05) is 18.4 Å². The molecule has 0 spiro atoms. The van der Waals surface area contributed by atoms with Gasteiger partial charge in [-0.15, -0.1) is 0 Å². The number of allylic oxidation sites excluding steroid dienone is 5. The van der Waals surface area contributed by atoms with E-state index in [0.29, 0.717) is 0 Å². The smallest absolute Gasteiger partial charge is 0.0408 e. The second-order valence-electron chi connectivity index (χ2n) is 4.01. The molecule has 0 aliphatic carbocycles. The number of hydrogen-bond donors (Lipinski definition) is 0. The van der Waals surface area contributed by atoms with Crippen LogP contribution in [0, 0.1) is 6.92 Å². The molecule has 0 bridgehead atoms. The summed E-state index contributed by atoms with van der Waals surface area (Å²) in [6, 6.07) is 8.55. The molecule has 0 saturated heterocycles. The van der Waals surface area contributed by atoms with Crippen molar-refractivity contribution >= 4 is 5.69 Å². The van der Waals surface area contributed by atoms with Gasteiger partial charge < -0.3 is 4.90 Å². The molecule has 0 atom stereocenters. The lowest BCUT2D eigenvalue weighted by atomic mass is 10.2. The third kappa shape index (κ3) is 3.95. The van der Waals surface area contributed by atoms with Crippen molar-refractivity contribution in [2.45, 2.75) is 20.8 Å². The summed E-state index contributed by atoms with van der Waals surface area (Å²) >= 11 is 0. The first kappa shape index (κ1) is 13.3. The number of benzene rings is 1. The van der Waals surface area contributed by atoms with Gasteiger partial charge in [0.2, 0.25) is 0 Å². The molecule has 0 radical (unpaired) electrons. The summed E-state index contributed by atoms with van der Waals surface area (Å²) in [5, 5.41) is 0. The highest BCUT2D eigenvalue weighted by Crippen LogP contribution is 2.18. The van der Waals surface area contributed by atoms with Crippen LogP contribution in [0.15, 0.2) is 60.3 Å². The lowest BCUT2D eigenvalue weighted by Crippen LogP contribution is -2.14. The molecule has 90 valence electrons. The van der Waals surface area contributed by atoms with Crippen molar-refractivity contribution in [3.8, 4) is 0 Å². The normalized spacial score (nSPS) is 12.6. The second kappa shape index (κ2) is 6.74. The molecule has 1 rings (SSSR count). The maximum Gasteiger partial charge on any atom is 0.0408 e. The molecule has 0 N–H and O–H groups in total. The number of hydrogen-bond acceptors (Lipinski definition) is 1. The van der Waals surface area contributed by atoms with Gasteiger partial charge in [0.15, 0.2) is 0 Å². The first-order valence-electron chi connectivity index (χ1n) is 5.95. The monoisotopic (exact) mass is 227 g/mol. The maximum absolute atomic E-state index is 2.18. The molecule has 1 nitrogen and oxygen atoms in total. The Hall–Kier alpha value is -1.76. The van der Waals surface area contributed by atoms with E-state index in [4.69, 9.17) is 0 Å². The summed E-state index contributed by atoms with van der Waals surface area (Å²) in [6.45, 7) is 6.16. The van der Waals surface area contributed by atoms with E-state index in [9.17, 15) is 0 Å². The molecule has 1 heteroatoms. The lowest BCUT2D eigenvalue weighted by molar-refractivity contribution is 1.13. The van der Waals surface area contributed by atoms with Gasteiger partial charge in [0.05, 0.1) is 0 Å². The first-order valence-corrected chi connectivity index (χ1v) is 5.95. The average molecular weight is 227 g/mol. The van der Waals surface area contributed by atoms with Crippen LogP contribution in [0.25, 0.3) is 0 Å². The van der Waals surface area contributed by atoms with Gasteiger partial charge in [-0.3, -0.25) is 0 Å². The third-order valence-electron chi connectivity index (χ3n) is 2.61. The summed E-state index contributed by atoms with van der Waals surface area (Å²) in [5.41, 5.74) is 3.66. The molecule has 17 heavy (non-hydrogen) atoms. The van der Waals surface area contributed by atoms with Gasteiger partial charge in [-0.1, -0.05) is 35.9 Å². The van der Waals surface area contributed by atoms with Crippen molar-refractivity contribution in [1.29, 1.82) is 0 Å². The molecule has 1 aromatic rings. The number of rotatable bonds is 4. The van der Waals surface area contributed by atoms with Gasteiger partial charge in [0.25, 0.3) is 0 Å². The topological polar surface area (TPSA) is 3.24 Å². The summed E-state index contributed by atoms with van der Waals surface area (Å²) in [5.74, 6) is 0. The number of likely N-dealkylation sites (N-methyl/N-ethyl adjacent to an activating group) is 1. The van der Waals surface area contributed by atoms with Crippen LogP contribution in [0.5, 0.6) is 0 Å². The zero-order valence-electron chi connectivity index (χ0n) is 11.1. The SMILES string of the molecule is C\C=C/C=C(\C=C/C)N(C)c1ccc(C)cc1. The Morgan fingerprint density at radius 3 is 2.24 bits per heavy atom. The van der Waals surface area contributed by atoms with E-state index in [-0.39, 0.29) is 0 Å². The van der Waals surface area contributed by atoms with Crippen LogP contribution in [0.1, 0.15) is 19.4 Å². The fraction of sp³-hybridized carbons (Fsp3) is 0.250. The fourth-order valence-corrected chi connectivity index (χ4v) is 1.56. The van der Waals surface area contributed by atoms with Crippen LogP contribution in [-0.2, 0) is 0 Å². The van der Waals surface area contributed by atoms with E-state index < -0.39 is 0 Å². The molecule has 0 aliphatic heterocycles. The van der Waals surface area contributed by atoms with E-state index >= 15 is 0 Å². The van der Waals surface area contributed by atoms with Crippen molar-refractivity contribution in [3.63, 3.8) is 0 Å². The predicted octanol–water partition coefficient (Wildman–Crippen LogP) is 4.47. The molecule has 0 heterocycles. The van der Waals surface area contributed by atoms with Crippen LogP contribution >= 0.6 is 0 Å². The Bertz CT molecular complexity index is 421. The standard InChI is InChI=1S/C16H21N/c1-5-7-9-15(8-6-2)17(4)16-12-10-14(3)11-13-16/h5-13H,1-4H3/b7-5-,8-6-,15-9+. The van der Waals surface area contributed by atoms with E-state index in [1.165, 1.54) is 16.9 Å². The zero-order chi connectivity index (χ0) is 12.7. The van der Waals surface area contributed by atoms with E-state index in [1.807, 2.05) is 19.9 Å². The van der Waals surface area contributed by atoms with Gasteiger partial charge in [-0.05, 0) is 45.1 Å². The van der Waals surface area contributed by atoms with Crippen LogP contribution < -0.4 is 4.90 Å². The van der Waals surface area contributed by atoms with Crippen LogP contribution in [0.2, 0.25) is 0 Å². The molecular weight excluding hydrogens is 206 g/mol. The molecule has 0 saturated carbocycles. The Labute approximate surface area is 105 Å². The zero-order valence-corrected chi connectivity index (χ0v) is 11.1. The molecule has 0 fully saturated rings. The molecule has 0 aromatic heterocycles. The maximum atomic E-state index is 2.18. The number of aryl methyl sites for hydroxylation is 1. The van der Waals surface area contributed by atoms with Gasteiger partial charge >= 0.3 is 0 Å². The fourth-order valence-electron chi connectivity index (χ4n) is 1.56. The summed E-state index contributed by atoms with van der Waals surface area (Å²) < 4.78 is 0. The Balaban J connectivity index is 2.99. The second-order valence-corrected chi connectivity index (χ2v) is 4.01. The van der Waals surface area contributed by atoms with Gasteiger partial charge in [-0.25, -0.2) is 0 Å². The molecule has 0 aliphatic rings. The minimum Gasteiger partial charge on any atom is -0.345 e. The van der Waals surface area contributed by atoms with Crippen LogP contribution in [0.4, 0.5) is 5.69 Å². The molecule has 0 unspecified atom stereocenters.